The minimum Gasteiger partial charge on any atom is -0.444 e. The van der Waals surface area contributed by atoms with Crippen LogP contribution < -0.4 is 0 Å². The van der Waals surface area contributed by atoms with Crippen molar-refractivity contribution in [2.75, 3.05) is 13.7 Å². The molecule has 4 nitrogen and oxygen atoms in total. The molecule has 2 fully saturated rings. The van der Waals surface area contributed by atoms with Crippen LogP contribution in [0, 0.1) is 5.41 Å². The maximum atomic E-state index is 12.0. The second-order valence-corrected chi connectivity index (χ2v) is 6.00. The number of nitrogens with zero attached hydrogens (tertiary/aromatic N) is 1. The third-order valence-electron chi connectivity index (χ3n) is 3.32. The Morgan fingerprint density at radius 1 is 1.38 bits per heavy atom. The van der Waals surface area contributed by atoms with Crippen molar-refractivity contribution in [3.05, 3.63) is 0 Å². The molecule has 0 aromatic rings. The summed E-state index contributed by atoms with van der Waals surface area (Å²) in [7, 11) is 1.66. The van der Waals surface area contributed by atoms with E-state index in [1.807, 2.05) is 20.8 Å². The van der Waals surface area contributed by atoms with Crippen LogP contribution in [0.15, 0.2) is 0 Å². The van der Waals surface area contributed by atoms with Crippen molar-refractivity contribution >= 4 is 6.09 Å². The number of hydrogen-bond donors (Lipinski definition) is 0. The van der Waals surface area contributed by atoms with Gasteiger partial charge in [0, 0.05) is 13.7 Å². The molecule has 1 atom stereocenters. The van der Waals surface area contributed by atoms with E-state index < -0.39 is 5.60 Å². The van der Waals surface area contributed by atoms with Crippen molar-refractivity contribution in [2.45, 2.75) is 51.9 Å². The molecule has 0 bridgehead atoms. The zero-order valence-corrected chi connectivity index (χ0v) is 10.6. The molecule has 1 spiro atoms. The van der Waals surface area contributed by atoms with Gasteiger partial charge in [0.25, 0.3) is 0 Å². The molecular weight excluding hydrogens is 206 g/mol. The van der Waals surface area contributed by atoms with E-state index in [-0.39, 0.29) is 12.3 Å². The van der Waals surface area contributed by atoms with Crippen LogP contribution in [0.5, 0.6) is 0 Å². The lowest BCUT2D eigenvalue weighted by Gasteiger charge is -2.27. The topological polar surface area (TPSA) is 38.8 Å². The highest BCUT2D eigenvalue weighted by Gasteiger charge is 2.54. The highest BCUT2D eigenvalue weighted by molar-refractivity contribution is 5.69. The van der Waals surface area contributed by atoms with E-state index in [2.05, 4.69) is 0 Å². The lowest BCUT2D eigenvalue weighted by Crippen LogP contribution is -2.40. The lowest BCUT2D eigenvalue weighted by molar-refractivity contribution is -0.0305. The van der Waals surface area contributed by atoms with Gasteiger partial charge < -0.3 is 9.47 Å². The van der Waals surface area contributed by atoms with Gasteiger partial charge in [-0.15, -0.1) is 0 Å². The first-order valence-electron chi connectivity index (χ1n) is 5.88. The SMILES string of the molecule is COC1CC2(CC2)CN1C(=O)OC(C)(C)C. The fourth-order valence-electron chi connectivity index (χ4n) is 2.26. The van der Waals surface area contributed by atoms with Gasteiger partial charge in [0.2, 0.25) is 0 Å². The van der Waals surface area contributed by atoms with E-state index in [4.69, 9.17) is 9.47 Å². The Morgan fingerprint density at radius 2 is 2.00 bits per heavy atom. The van der Waals surface area contributed by atoms with Crippen LogP contribution in [0.25, 0.3) is 0 Å². The van der Waals surface area contributed by atoms with Crippen molar-refractivity contribution in [3.63, 3.8) is 0 Å². The lowest BCUT2D eigenvalue weighted by atomic mass is 10.1. The highest BCUT2D eigenvalue weighted by Crippen LogP contribution is 2.55. The molecule has 0 radical (unpaired) electrons. The van der Waals surface area contributed by atoms with E-state index in [1.54, 1.807) is 12.0 Å². The van der Waals surface area contributed by atoms with Crippen LogP contribution in [0.4, 0.5) is 4.79 Å². The predicted molar refractivity (Wildman–Crippen MR) is 60.0 cm³/mol. The Hall–Kier alpha value is -0.770. The van der Waals surface area contributed by atoms with Gasteiger partial charge in [0.15, 0.2) is 0 Å². The molecule has 16 heavy (non-hydrogen) atoms. The van der Waals surface area contributed by atoms with Crippen LogP contribution in [0.1, 0.15) is 40.0 Å². The van der Waals surface area contributed by atoms with E-state index >= 15 is 0 Å². The zero-order chi connectivity index (χ0) is 12.0. The molecule has 0 aromatic carbocycles. The number of rotatable bonds is 1. The maximum Gasteiger partial charge on any atom is 0.412 e. The zero-order valence-electron chi connectivity index (χ0n) is 10.6. The third-order valence-corrected chi connectivity index (χ3v) is 3.32. The summed E-state index contributed by atoms with van der Waals surface area (Å²) in [5.41, 5.74) is -0.0910. The number of methoxy groups -OCH3 is 1. The van der Waals surface area contributed by atoms with Crippen molar-refractivity contribution in [3.8, 4) is 0 Å². The monoisotopic (exact) mass is 227 g/mol. The molecule has 1 saturated carbocycles. The molecule has 1 amide bonds. The Kier molecular flexibility index (Phi) is 2.65. The molecule has 2 aliphatic rings. The van der Waals surface area contributed by atoms with Gasteiger partial charge in [0.05, 0.1) is 0 Å². The van der Waals surface area contributed by atoms with Crippen LogP contribution in [0.2, 0.25) is 0 Å². The first-order valence-corrected chi connectivity index (χ1v) is 5.88. The fraction of sp³-hybridized carbons (Fsp3) is 0.917. The molecular formula is C12H21NO3. The largest absolute Gasteiger partial charge is 0.444 e. The van der Waals surface area contributed by atoms with Gasteiger partial charge in [-0.25, -0.2) is 4.79 Å². The van der Waals surface area contributed by atoms with E-state index in [9.17, 15) is 4.79 Å². The molecule has 1 aliphatic carbocycles. The van der Waals surface area contributed by atoms with E-state index in [0.29, 0.717) is 5.41 Å². The van der Waals surface area contributed by atoms with Gasteiger partial charge in [-0.3, -0.25) is 4.90 Å². The first-order chi connectivity index (χ1) is 7.35. The average molecular weight is 227 g/mol. The van der Waals surface area contributed by atoms with Gasteiger partial charge >= 0.3 is 6.09 Å². The minimum absolute atomic E-state index is 0.0997. The van der Waals surface area contributed by atoms with Crippen LogP contribution in [0.3, 0.4) is 0 Å². The summed E-state index contributed by atoms with van der Waals surface area (Å²) in [5, 5.41) is 0. The Labute approximate surface area is 96.9 Å². The van der Waals surface area contributed by atoms with Crippen LogP contribution >= 0.6 is 0 Å². The van der Waals surface area contributed by atoms with Crippen molar-refractivity contribution in [1.82, 2.24) is 4.90 Å². The van der Waals surface area contributed by atoms with Crippen LogP contribution in [-0.4, -0.2) is 36.5 Å². The molecule has 2 rings (SSSR count). The van der Waals surface area contributed by atoms with Crippen molar-refractivity contribution < 1.29 is 14.3 Å². The summed E-state index contributed by atoms with van der Waals surface area (Å²) < 4.78 is 10.7. The second-order valence-electron chi connectivity index (χ2n) is 6.00. The van der Waals surface area contributed by atoms with Gasteiger partial charge in [0.1, 0.15) is 11.8 Å². The van der Waals surface area contributed by atoms with E-state index in [0.717, 1.165) is 13.0 Å². The molecule has 1 aliphatic heterocycles. The van der Waals surface area contributed by atoms with E-state index in [1.165, 1.54) is 12.8 Å². The summed E-state index contributed by atoms with van der Waals surface area (Å²) in [6.07, 6.45) is 3.04. The maximum absolute atomic E-state index is 12.0. The molecule has 92 valence electrons. The molecule has 1 saturated heterocycles. The van der Waals surface area contributed by atoms with Crippen molar-refractivity contribution in [2.24, 2.45) is 5.41 Å². The smallest absolute Gasteiger partial charge is 0.412 e. The predicted octanol–water partition coefficient (Wildman–Crippen LogP) is 2.38. The minimum atomic E-state index is -0.436. The average Bonchev–Trinajstić information content (AvgIpc) is 2.75. The highest BCUT2D eigenvalue weighted by atomic mass is 16.6. The second kappa shape index (κ2) is 3.62. The summed E-state index contributed by atoms with van der Waals surface area (Å²) in [6, 6.07) is 0. The Balaban J connectivity index is 2.00. The summed E-state index contributed by atoms with van der Waals surface area (Å²) in [4.78, 5) is 13.7. The number of carbonyl (C=O) groups is 1. The summed E-state index contributed by atoms with van der Waals surface area (Å²) in [5.74, 6) is 0. The van der Waals surface area contributed by atoms with Gasteiger partial charge in [-0.05, 0) is 45.4 Å². The number of hydrogen-bond acceptors (Lipinski definition) is 3. The summed E-state index contributed by atoms with van der Waals surface area (Å²) >= 11 is 0. The van der Waals surface area contributed by atoms with Crippen molar-refractivity contribution in [1.29, 1.82) is 0 Å². The first kappa shape index (κ1) is 11.7. The number of likely N-dealkylation sites (tertiary alicyclic amines) is 1. The fourth-order valence-corrected chi connectivity index (χ4v) is 2.26. The third kappa shape index (κ3) is 2.32. The Morgan fingerprint density at radius 3 is 2.44 bits per heavy atom. The standard InChI is InChI=1S/C12H21NO3/c1-11(2,3)16-10(14)13-8-12(5-6-12)7-9(13)15-4/h9H,5-8H2,1-4H3. The molecule has 1 unspecified atom stereocenters. The quantitative estimate of drug-likeness (QED) is 0.690. The summed E-state index contributed by atoms with van der Waals surface area (Å²) in [6.45, 7) is 6.45. The normalized spacial score (nSPS) is 27.2. The molecule has 0 N–H and O–H groups in total. The Bertz CT molecular complexity index is 291. The van der Waals surface area contributed by atoms with Crippen LogP contribution in [-0.2, 0) is 9.47 Å². The molecule has 4 heteroatoms. The number of carbonyl (C=O) groups excluding carboxylic acids is 1. The number of ether oxygens (including phenoxy) is 2. The van der Waals surface area contributed by atoms with Gasteiger partial charge in [-0.2, -0.15) is 0 Å². The molecule has 0 aromatic heterocycles. The molecule has 1 heterocycles. The van der Waals surface area contributed by atoms with Gasteiger partial charge in [-0.1, -0.05) is 0 Å². The number of amides is 1.